The first-order valence-corrected chi connectivity index (χ1v) is 8.33. The molecule has 0 spiro atoms. The summed E-state index contributed by atoms with van der Waals surface area (Å²) < 4.78 is 38.0. The minimum Gasteiger partial charge on any atom is -0.332 e. The fourth-order valence-corrected chi connectivity index (χ4v) is 2.53. The van der Waals surface area contributed by atoms with Gasteiger partial charge in [-0.25, -0.2) is 0 Å². The first-order chi connectivity index (χ1) is 11.7. The number of halogens is 4. The van der Waals surface area contributed by atoms with Gasteiger partial charge in [0.05, 0.1) is 5.56 Å². The van der Waals surface area contributed by atoms with E-state index in [-0.39, 0.29) is 18.5 Å². The molecule has 0 fully saturated rings. The van der Waals surface area contributed by atoms with E-state index in [1.54, 1.807) is 29.2 Å². The Labute approximate surface area is 150 Å². The largest absolute Gasteiger partial charge is 0.416 e. The first kappa shape index (κ1) is 19.3. The molecule has 0 bridgehead atoms. The number of benzene rings is 2. The summed E-state index contributed by atoms with van der Waals surface area (Å²) >= 11 is 5.85. The van der Waals surface area contributed by atoms with Crippen LogP contribution in [0.3, 0.4) is 0 Å². The van der Waals surface area contributed by atoms with Crippen molar-refractivity contribution >= 4 is 17.5 Å². The van der Waals surface area contributed by atoms with Crippen LogP contribution in [0.2, 0.25) is 5.02 Å². The maximum Gasteiger partial charge on any atom is 0.416 e. The standard InChI is InChI=1S/C19H19ClF3NO/c1-3-13(2)24(18(25)15-6-10-17(20)11-7-15)12-14-4-8-16(9-5-14)19(21,22)23/h4-11,13H,3,12H2,1-2H3. The molecule has 0 aromatic heterocycles. The Morgan fingerprint density at radius 3 is 2.12 bits per heavy atom. The predicted octanol–water partition coefficient (Wildman–Crippen LogP) is 5.80. The van der Waals surface area contributed by atoms with Gasteiger partial charge in [0.25, 0.3) is 5.91 Å². The van der Waals surface area contributed by atoms with E-state index in [1.165, 1.54) is 12.1 Å². The lowest BCUT2D eigenvalue weighted by molar-refractivity contribution is -0.137. The van der Waals surface area contributed by atoms with Crippen molar-refractivity contribution in [3.8, 4) is 0 Å². The molecule has 0 aliphatic carbocycles. The highest BCUT2D eigenvalue weighted by atomic mass is 35.5. The monoisotopic (exact) mass is 369 g/mol. The van der Waals surface area contributed by atoms with E-state index in [4.69, 9.17) is 11.6 Å². The van der Waals surface area contributed by atoms with E-state index in [1.807, 2.05) is 13.8 Å². The molecule has 0 saturated carbocycles. The molecule has 0 heterocycles. The fourth-order valence-electron chi connectivity index (χ4n) is 2.40. The fraction of sp³-hybridized carbons (Fsp3) is 0.316. The van der Waals surface area contributed by atoms with Crippen molar-refractivity contribution in [2.75, 3.05) is 0 Å². The van der Waals surface area contributed by atoms with Crippen molar-refractivity contribution in [3.05, 3.63) is 70.2 Å². The summed E-state index contributed by atoms with van der Waals surface area (Å²) in [4.78, 5) is 14.4. The van der Waals surface area contributed by atoms with Crippen LogP contribution in [-0.2, 0) is 12.7 Å². The molecule has 134 valence electrons. The van der Waals surface area contributed by atoms with Gasteiger partial charge in [0.1, 0.15) is 0 Å². The van der Waals surface area contributed by atoms with Crippen molar-refractivity contribution in [2.45, 2.75) is 39.0 Å². The van der Waals surface area contributed by atoms with E-state index >= 15 is 0 Å². The normalized spacial score (nSPS) is 12.7. The molecule has 0 aliphatic rings. The Kier molecular flexibility index (Phi) is 6.11. The van der Waals surface area contributed by atoms with Crippen molar-refractivity contribution < 1.29 is 18.0 Å². The number of carbonyl (C=O) groups excluding carboxylic acids is 1. The van der Waals surface area contributed by atoms with Crippen LogP contribution in [0, 0.1) is 0 Å². The van der Waals surface area contributed by atoms with Gasteiger partial charge in [0, 0.05) is 23.2 Å². The number of carbonyl (C=O) groups is 1. The maximum atomic E-state index is 12.8. The Morgan fingerprint density at radius 2 is 1.64 bits per heavy atom. The van der Waals surface area contributed by atoms with Crippen molar-refractivity contribution in [2.24, 2.45) is 0 Å². The maximum absolute atomic E-state index is 12.8. The first-order valence-electron chi connectivity index (χ1n) is 7.95. The van der Waals surface area contributed by atoms with Gasteiger partial charge in [-0.15, -0.1) is 0 Å². The Hall–Kier alpha value is -2.01. The van der Waals surface area contributed by atoms with Gasteiger partial charge in [-0.05, 0) is 55.3 Å². The summed E-state index contributed by atoms with van der Waals surface area (Å²) in [7, 11) is 0. The highest BCUT2D eigenvalue weighted by molar-refractivity contribution is 6.30. The van der Waals surface area contributed by atoms with E-state index in [0.29, 0.717) is 16.1 Å². The third-order valence-electron chi connectivity index (χ3n) is 4.11. The zero-order chi connectivity index (χ0) is 18.6. The summed E-state index contributed by atoms with van der Waals surface area (Å²) in [5.74, 6) is -0.175. The second kappa shape index (κ2) is 7.91. The SMILES string of the molecule is CCC(C)N(Cc1ccc(C(F)(F)F)cc1)C(=O)c1ccc(Cl)cc1. The molecule has 1 atom stereocenters. The Morgan fingerprint density at radius 1 is 1.08 bits per heavy atom. The molecule has 1 unspecified atom stereocenters. The van der Waals surface area contributed by atoms with Gasteiger partial charge in [0.15, 0.2) is 0 Å². The summed E-state index contributed by atoms with van der Waals surface area (Å²) in [6, 6.07) is 11.4. The highest BCUT2D eigenvalue weighted by Gasteiger charge is 2.30. The van der Waals surface area contributed by atoms with Gasteiger partial charge < -0.3 is 4.90 Å². The smallest absolute Gasteiger partial charge is 0.332 e. The molecule has 25 heavy (non-hydrogen) atoms. The molecular formula is C19H19ClF3NO. The summed E-state index contributed by atoms with van der Waals surface area (Å²) in [5, 5.41) is 0.536. The van der Waals surface area contributed by atoms with Crippen LogP contribution in [-0.4, -0.2) is 16.8 Å². The summed E-state index contributed by atoms with van der Waals surface area (Å²) in [6.07, 6.45) is -3.63. The lowest BCUT2D eigenvalue weighted by Gasteiger charge is -2.29. The number of amides is 1. The lowest BCUT2D eigenvalue weighted by atomic mass is 10.1. The van der Waals surface area contributed by atoms with Gasteiger partial charge in [-0.1, -0.05) is 30.7 Å². The second-order valence-electron chi connectivity index (χ2n) is 5.89. The molecule has 0 N–H and O–H groups in total. The molecule has 6 heteroatoms. The highest BCUT2D eigenvalue weighted by Crippen LogP contribution is 2.29. The van der Waals surface area contributed by atoms with Crippen LogP contribution in [0.4, 0.5) is 13.2 Å². The minimum atomic E-state index is -4.37. The molecule has 0 saturated heterocycles. The molecule has 1 amide bonds. The summed E-state index contributed by atoms with van der Waals surface area (Å²) in [5.41, 5.74) is 0.447. The lowest BCUT2D eigenvalue weighted by Crippen LogP contribution is -2.37. The van der Waals surface area contributed by atoms with Crippen molar-refractivity contribution in [3.63, 3.8) is 0 Å². The number of nitrogens with zero attached hydrogens (tertiary/aromatic N) is 1. The zero-order valence-electron chi connectivity index (χ0n) is 14.0. The number of hydrogen-bond donors (Lipinski definition) is 0. The van der Waals surface area contributed by atoms with E-state index < -0.39 is 11.7 Å². The van der Waals surface area contributed by atoms with E-state index in [2.05, 4.69) is 0 Å². The molecule has 0 aliphatic heterocycles. The number of rotatable bonds is 5. The van der Waals surface area contributed by atoms with E-state index in [0.717, 1.165) is 18.6 Å². The van der Waals surface area contributed by atoms with Gasteiger partial charge >= 0.3 is 6.18 Å². The van der Waals surface area contributed by atoms with E-state index in [9.17, 15) is 18.0 Å². The van der Waals surface area contributed by atoms with Gasteiger partial charge in [-0.2, -0.15) is 13.2 Å². The number of alkyl halides is 3. The van der Waals surface area contributed by atoms with Crippen LogP contribution < -0.4 is 0 Å². The molecular weight excluding hydrogens is 351 g/mol. The van der Waals surface area contributed by atoms with Crippen LogP contribution in [0.15, 0.2) is 48.5 Å². The predicted molar refractivity (Wildman–Crippen MR) is 92.5 cm³/mol. The Bertz CT molecular complexity index is 711. The minimum absolute atomic E-state index is 0.0505. The van der Waals surface area contributed by atoms with Crippen LogP contribution in [0.25, 0.3) is 0 Å². The van der Waals surface area contributed by atoms with Crippen molar-refractivity contribution in [1.82, 2.24) is 4.90 Å². The molecule has 2 rings (SSSR count). The Balaban J connectivity index is 2.23. The third kappa shape index (κ3) is 4.98. The average molecular weight is 370 g/mol. The van der Waals surface area contributed by atoms with Gasteiger partial charge in [0.2, 0.25) is 0 Å². The second-order valence-corrected chi connectivity index (χ2v) is 6.33. The van der Waals surface area contributed by atoms with Crippen molar-refractivity contribution in [1.29, 1.82) is 0 Å². The molecule has 0 radical (unpaired) electrons. The van der Waals surface area contributed by atoms with Crippen LogP contribution in [0.5, 0.6) is 0 Å². The van der Waals surface area contributed by atoms with Crippen LogP contribution >= 0.6 is 11.6 Å². The molecule has 2 aromatic rings. The zero-order valence-corrected chi connectivity index (χ0v) is 14.7. The number of hydrogen-bond acceptors (Lipinski definition) is 1. The quantitative estimate of drug-likeness (QED) is 0.652. The van der Waals surface area contributed by atoms with Gasteiger partial charge in [-0.3, -0.25) is 4.79 Å². The topological polar surface area (TPSA) is 20.3 Å². The third-order valence-corrected chi connectivity index (χ3v) is 4.36. The summed E-state index contributed by atoms with van der Waals surface area (Å²) in [6.45, 7) is 4.12. The molecule has 2 aromatic carbocycles. The van der Waals surface area contributed by atoms with Crippen LogP contribution in [0.1, 0.15) is 41.8 Å². The average Bonchev–Trinajstić information content (AvgIpc) is 2.58. The molecule has 2 nitrogen and oxygen atoms in total.